The van der Waals surface area contributed by atoms with Gasteiger partial charge in [0.1, 0.15) is 6.61 Å². The number of benzene rings is 1. The van der Waals surface area contributed by atoms with Crippen LogP contribution in [0.2, 0.25) is 0 Å². The number of hydrogen-bond donors (Lipinski definition) is 3. The molecule has 1 aromatic carbocycles. The number of aliphatic hydroxyl groups is 1. The van der Waals surface area contributed by atoms with Crippen molar-refractivity contribution in [3.63, 3.8) is 0 Å². The van der Waals surface area contributed by atoms with Crippen molar-refractivity contribution >= 4 is 12.0 Å². The fourth-order valence-electron chi connectivity index (χ4n) is 2.37. The van der Waals surface area contributed by atoms with Crippen molar-refractivity contribution in [2.24, 2.45) is 0 Å². The molecule has 0 saturated heterocycles. The van der Waals surface area contributed by atoms with E-state index in [0.717, 1.165) is 31.2 Å². The molecule has 140 valence electrons. The minimum atomic E-state index is -0.577. The highest BCUT2D eigenvalue weighted by Gasteiger charge is 2.20. The van der Waals surface area contributed by atoms with Gasteiger partial charge in [-0.2, -0.15) is 0 Å². The summed E-state index contributed by atoms with van der Waals surface area (Å²) in [6.45, 7) is 3.77. The third-order valence-corrected chi connectivity index (χ3v) is 3.96. The van der Waals surface area contributed by atoms with Crippen LogP contribution in [0.4, 0.5) is 4.79 Å². The molecule has 2 atom stereocenters. The van der Waals surface area contributed by atoms with E-state index in [1.54, 1.807) is 6.92 Å². The number of alkyl carbamates (subject to hydrolysis) is 1. The summed E-state index contributed by atoms with van der Waals surface area (Å²) < 4.78 is 5.15. The summed E-state index contributed by atoms with van der Waals surface area (Å²) in [5.41, 5.74) is 0.893. The van der Waals surface area contributed by atoms with Gasteiger partial charge >= 0.3 is 6.09 Å². The smallest absolute Gasteiger partial charge is 0.407 e. The lowest BCUT2D eigenvalue weighted by molar-refractivity contribution is -0.122. The molecule has 0 aromatic heterocycles. The topological polar surface area (TPSA) is 87.7 Å². The Morgan fingerprint density at radius 3 is 2.48 bits per heavy atom. The van der Waals surface area contributed by atoms with E-state index in [1.807, 2.05) is 30.3 Å². The van der Waals surface area contributed by atoms with E-state index >= 15 is 0 Å². The molecule has 0 aliphatic rings. The maximum absolute atomic E-state index is 11.9. The maximum atomic E-state index is 11.9. The van der Waals surface area contributed by atoms with Gasteiger partial charge in [0, 0.05) is 6.42 Å². The normalized spacial score (nSPS) is 12.9. The monoisotopic (exact) mass is 350 g/mol. The van der Waals surface area contributed by atoms with Crippen molar-refractivity contribution < 1.29 is 19.4 Å². The minimum absolute atomic E-state index is 0.110. The molecule has 0 bridgehead atoms. The Kier molecular flexibility index (Phi) is 10.3. The van der Waals surface area contributed by atoms with Gasteiger partial charge in [-0.15, -0.1) is 0 Å². The second-order valence-corrected chi connectivity index (χ2v) is 6.16. The van der Waals surface area contributed by atoms with Crippen molar-refractivity contribution in [2.45, 2.75) is 64.6 Å². The predicted molar refractivity (Wildman–Crippen MR) is 97.0 cm³/mol. The van der Waals surface area contributed by atoms with Crippen LogP contribution in [0.5, 0.6) is 0 Å². The molecule has 0 saturated carbocycles. The van der Waals surface area contributed by atoms with Crippen molar-refractivity contribution in [2.75, 3.05) is 6.61 Å². The van der Waals surface area contributed by atoms with Crippen LogP contribution in [-0.4, -0.2) is 35.8 Å². The number of unbranched alkanes of at least 4 members (excludes halogenated alkanes) is 3. The third kappa shape index (κ3) is 9.10. The number of amides is 2. The molecule has 1 rings (SSSR count). The highest BCUT2D eigenvalue weighted by Crippen LogP contribution is 2.04. The first-order valence-electron chi connectivity index (χ1n) is 8.94. The summed E-state index contributed by atoms with van der Waals surface area (Å²) in [5.74, 6) is -0.110. The molecule has 0 radical (unpaired) electrons. The summed E-state index contributed by atoms with van der Waals surface area (Å²) in [4.78, 5) is 23.8. The SMILES string of the molecule is CCCCCCC(=O)N[C@@H](CO)[C@@H](C)NC(=O)OCc1ccccc1. The molecule has 0 aliphatic carbocycles. The molecule has 6 heteroatoms. The second kappa shape index (κ2) is 12.3. The first-order chi connectivity index (χ1) is 12.1. The Morgan fingerprint density at radius 1 is 1.12 bits per heavy atom. The number of nitrogens with one attached hydrogen (secondary N) is 2. The zero-order chi connectivity index (χ0) is 18.5. The van der Waals surface area contributed by atoms with E-state index in [4.69, 9.17) is 4.74 Å². The lowest BCUT2D eigenvalue weighted by atomic mass is 10.1. The summed E-state index contributed by atoms with van der Waals surface area (Å²) in [6.07, 6.45) is 3.94. The standard InChI is InChI=1S/C19H30N2O4/c1-3-4-5-9-12-18(23)21-17(13-22)15(2)20-19(24)25-14-16-10-7-6-8-11-16/h6-8,10-11,15,17,22H,3-5,9,12-14H2,1-2H3,(H,20,24)(H,21,23)/t15-,17+/m1/s1. The third-order valence-electron chi connectivity index (χ3n) is 3.96. The molecular weight excluding hydrogens is 320 g/mol. The Bertz CT molecular complexity index is 507. The molecule has 1 aromatic rings. The van der Waals surface area contributed by atoms with Crippen molar-refractivity contribution in [3.05, 3.63) is 35.9 Å². The van der Waals surface area contributed by atoms with Crippen LogP contribution in [0, 0.1) is 0 Å². The number of carbonyl (C=O) groups is 2. The molecule has 0 unspecified atom stereocenters. The molecule has 0 fully saturated rings. The van der Waals surface area contributed by atoms with E-state index in [2.05, 4.69) is 17.6 Å². The summed E-state index contributed by atoms with van der Waals surface area (Å²) in [7, 11) is 0. The van der Waals surface area contributed by atoms with Crippen LogP contribution >= 0.6 is 0 Å². The molecule has 6 nitrogen and oxygen atoms in total. The highest BCUT2D eigenvalue weighted by atomic mass is 16.5. The summed E-state index contributed by atoms with van der Waals surface area (Å²) in [5, 5.41) is 14.9. The summed E-state index contributed by atoms with van der Waals surface area (Å²) in [6, 6.07) is 8.39. The van der Waals surface area contributed by atoms with Gasteiger partial charge in [-0.05, 0) is 18.9 Å². The maximum Gasteiger partial charge on any atom is 0.407 e. The van der Waals surface area contributed by atoms with Gasteiger partial charge in [0.15, 0.2) is 0 Å². The fraction of sp³-hybridized carbons (Fsp3) is 0.579. The summed E-state index contributed by atoms with van der Waals surface area (Å²) >= 11 is 0. The molecule has 0 heterocycles. The minimum Gasteiger partial charge on any atom is -0.445 e. The number of carbonyl (C=O) groups excluding carboxylic acids is 2. The van der Waals surface area contributed by atoms with E-state index in [0.29, 0.717) is 6.42 Å². The number of rotatable bonds is 11. The van der Waals surface area contributed by atoms with Gasteiger partial charge in [-0.3, -0.25) is 4.79 Å². The number of ether oxygens (including phenoxy) is 1. The predicted octanol–water partition coefficient (Wildman–Crippen LogP) is 2.75. The molecule has 0 spiro atoms. The first kappa shape index (κ1) is 21.0. The highest BCUT2D eigenvalue weighted by molar-refractivity contribution is 5.76. The van der Waals surface area contributed by atoms with Gasteiger partial charge in [0.25, 0.3) is 0 Å². The van der Waals surface area contributed by atoms with E-state index in [-0.39, 0.29) is 19.1 Å². The zero-order valence-electron chi connectivity index (χ0n) is 15.2. The lowest BCUT2D eigenvalue weighted by Crippen LogP contribution is -2.52. The molecule has 3 N–H and O–H groups in total. The van der Waals surface area contributed by atoms with Gasteiger partial charge in [-0.1, -0.05) is 56.5 Å². The average Bonchev–Trinajstić information content (AvgIpc) is 2.62. The van der Waals surface area contributed by atoms with Gasteiger partial charge in [-0.25, -0.2) is 4.79 Å². The van der Waals surface area contributed by atoms with Gasteiger partial charge in [0.2, 0.25) is 5.91 Å². The quantitative estimate of drug-likeness (QED) is 0.536. The van der Waals surface area contributed by atoms with Crippen LogP contribution in [0.25, 0.3) is 0 Å². The molecule has 25 heavy (non-hydrogen) atoms. The van der Waals surface area contributed by atoms with E-state index in [1.165, 1.54) is 0 Å². The van der Waals surface area contributed by atoms with E-state index in [9.17, 15) is 14.7 Å². The van der Waals surface area contributed by atoms with Crippen LogP contribution in [-0.2, 0) is 16.1 Å². The van der Waals surface area contributed by atoms with Crippen molar-refractivity contribution in [1.29, 1.82) is 0 Å². The molecule has 0 aliphatic heterocycles. The molecular formula is C19H30N2O4. The van der Waals surface area contributed by atoms with Gasteiger partial charge < -0.3 is 20.5 Å². The number of aliphatic hydroxyl groups excluding tert-OH is 1. The van der Waals surface area contributed by atoms with Gasteiger partial charge in [0.05, 0.1) is 18.7 Å². The zero-order valence-corrected chi connectivity index (χ0v) is 15.2. The second-order valence-electron chi connectivity index (χ2n) is 6.16. The fourth-order valence-corrected chi connectivity index (χ4v) is 2.37. The van der Waals surface area contributed by atoms with Crippen LogP contribution in [0.15, 0.2) is 30.3 Å². The number of hydrogen-bond acceptors (Lipinski definition) is 4. The Hall–Kier alpha value is -2.08. The van der Waals surface area contributed by atoms with E-state index < -0.39 is 18.2 Å². The Labute approximate surface area is 150 Å². The van der Waals surface area contributed by atoms with Crippen LogP contribution in [0.3, 0.4) is 0 Å². The first-order valence-corrected chi connectivity index (χ1v) is 8.94. The average molecular weight is 350 g/mol. The Morgan fingerprint density at radius 2 is 1.84 bits per heavy atom. The molecule has 2 amide bonds. The van der Waals surface area contributed by atoms with Crippen LogP contribution in [0.1, 0.15) is 51.5 Å². The van der Waals surface area contributed by atoms with Crippen molar-refractivity contribution in [3.8, 4) is 0 Å². The Balaban J connectivity index is 2.32. The largest absolute Gasteiger partial charge is 0.445 e. The van der Waals surface area contributed by atoms with Crippen molar-refractivity contribution in [1.82, 2.24) is 10.6 Å². The van der Waals surface area contributed by atoms with Crippen LogP contribution < -0.4 is 10.6 Å². The lowest BCUT2D eigenvalue weighted by Gasteiger charge is -2.24.